The molecule has 0 aliphatic heterocycles. The average molecular weight is 477 g/mol. The van der Waals surface area contributed by atoms with Gasteiger partial charge < -0.3 is 5.32 Å². The third-order valence-corrected chi connectivity index (χ3v) is 7.00. The SMILES string of the molecule is Cc1cccc(C)c1NC(=O)[C@H](Cc1ccccc1)NS(=O)(=O)c1cc(Cl)ccc1Cl. The van der Waals surface area contributed by atoms with Crippen molar-refractivity contribution in [3.63, 3.8) is 0 Å². The van der Waals surface area contributed by atoms with E-state index in [1.807, 2.05) is 62.4 Å². The molecule has 0 aliphatic carbocycles. The number of hydrogen-bond acceptors (Lipinski definition) is 3. The summed E-state index contributed by atoms with van der Waals surface area (Å²) in [7, 11) is -4.12. The first-order valence-electron chi connectivity index (χ1n) is 9.56. The molecule has 1 atom stereocenters. The first kappa shape index (κ1) is 23.3. The van der Waals surface area contributed by atoms with Gasteiger partial charge in [0.1, 0.15) is 10.9 Å². The van der Waals surface area contributed by atoms with Gasteiger partial charge in [-0.05, 0) is 55.2 Å². The third-order valence-electron chi connectivity index (χ3n) is 4.81. The van der Waals surface area contributed by atoms with Crippen molar-refractivity contribution in [1.82, 2.24) is 4.72 Å². The summed E-state index contributed by atoms with van der Waals surface area (Å²) < 4.78 is 28.6. The molecule has 1 amide bonds. The van der Waals surface area contributed by atoms with E-state index >= 15 is 0 Å². The molecular formula is C23H22Cl2N2O3S. The number of halogens is 2. The Kier molecular flexibility index (Phi) is 7.38. The molecule has 3 aromatic rings. The summed E-state index contributed by atoms with van der Waals surface area (Å²) in [5.74, 6) is -0.469. The van der Waals surface area contributed by atoms with Crippen molar-refractivity contribution in [3.8, 4) is 0 Å². The summed E-state index contributed by atoms with van der Waals surface area (Å²) in [5, 5.41) is 3.12. The van der Waals surface area contributed by atoms with Gasteiger partial charge in [0, 0.05) is 10.7 Å². The molecule has 5 nitrogen and oxygen atoms in total. The third kappa shape index (κ3) is 5.86. The molecule has 31 heavy (non-hydrogen) atoms. The van der Waals surface area contributed by atoms with Crippen LogP contribution in [-0.4, -0.2) is 20.4 Å². The molecule has 0 aromatic heterocycles. The number of nitrogens with one attached hydrogen (secondary N) is 2. The van der Waals surface area contributed by atoms with Crippen molar-refractivity contribution in [2.45, 2.75) is 31.2 Å². The molecule has 8 heteroatoms. The van der Waals surface area contributed by atoms with Crippen molar-refractivity contribution >= 4 is 44.8 Å². The monoisotopic (exact) mass is 476 g/mol. The number of anilines is 1. The fraction of sp³-hybridized carbons (Fsp3) is 0.174. The first-order valence-corrected chi connectivity index (χ1v) is 11.8. The Morgan fingerprint density at radius 1 is 0.935 bits per heavy atom. The van der Waals surface area contributed by atoms with Gasteiger partial charge in [0.15, 0.2) is 0 Å². The highest BCUT2D eigenvalue weighted by Crippen LogP contribution is 2.26. The van der Waals surface area contributed by atoms with Crippen molar-refractivity contribution < 1.29 is 13.2 Å². The van der Waals surface area contributed by atoms with Crippen molar-refractivity contribution in [2.75, 3.05) is 5.32 Å². The van der Waals surface area contributed by atoms with Crippen LogP contribution in [0, 0.1) is 13.8 Å². The van der Waals surface area contributed by atoms with Gasteiger partial charge in [-0.1, -0.05) is 71.7 Å². The summed E-state index contributed by atoms with van der Waals surface area (Å²) >= 11 is 12.1. The maximum atomic E-state index is 13.2. The van der Waals surface area contributed by atoms with E-state index in [1.54, 1.807) is 0 Å². The van der Waals surface area contributed by atoms with Crippen LogP contribution in [0.4, 0.5) is 5.69 Å². The lowest BCUT2D eigenvalue weighted by molar-refractivity contribution is -0.117. The second-order valence-electron chi connectivity index (χ2n) is 7.19. The van der Waals surface area contributed by atoms with Gasteiger partial charge in [-0.15, -0.1) is 0 Å². The lowest BCUT2D eigenvalue weighted by Gasteiger charge is -2.21. The second kappa shape index (κ2) is 9.83. The van der Waals surface area contributed by atoms with Crippen LogP contribution in [0.15, 0.2) is 71.6 Å². The van der Waals surface area contributed by atoms with E-state index in [9.17, 15) is 13.2 Å². The summed E-state index contributed by atoms with van der Waals surface area (Å²) in [6.07, 6.45) is 0.162. The van der Waals surface area contributed by atoms with Crippen molar-refractivity contribution in [2.24, 2.45) is 0 Å². The molecule has 3 rings (SSSR count). The zero-order valence-corrected chi connectivity index (χ0v) is 19.4. The molecule has 0 saturated carbocycles. The number of para-hydroxylation sites is 1. The molecule has 0 saturated heterocycles. The van der Waals surface area contributed by atoms with Crippen LogP contribution >= 0.6 is 23.2 Å². The van der Waals surface area contributed by atoms with Gasteiger partial charge in [-0.2, -0.15) is 4.72 Å². The minimum Gasteiger partial charge on any atom is -0.324 e. The quantitative estimate of drug-likeness (QED) is 0.495. The molecule has 0 fully saturated rings. The summed E-state index contributed by atoms with van der Waals surface area (Å²) in [4.78, 5) is 13.0. The zero-order chi connectivity index (χ0) is 22.6. The number of rotatable bonds is 7. The van der Waals surface area contributed by atoms with E-state index in [2.05, 4.69) is 10.0 Å². The predicted molar refractivity (Wildman–Crippen MR) is 125 cm³/mol. The summed E-state index contributed by atoms with van der Waals surface area (Å²) in [6.45, 7) is 3.76. The number of carbonyl (C=O) groups is 1. The minimum atomic E-state index is -4.12. The van der Waals surface area contributed by atoms with E-state index in [-0.39, 0.29) is 21.4 Å². The summed E-state index contributed by atoms with van der Waals surface area (Å²) in [5.41, 5.74) is 3.23. The standard InChI is InChI=1S/C23H22Cl2N2O3S/c1-15-7-6-8-16(2)22(15)26-23(28)20(13-17-9-4-3-5-10-17)27-31(29,30)21-14-18(24)11-12-19(21)25/h3-12,14,20,27H,13H2,1-2H3,(H,26,28)/t20-/m0/s1. The Bertz CT molecular complexity index is 1180. The smallest absolute Gasteiger partial charge is 0.242 e. The maximum absolute atomic E-state index is 13.2. The molecule has 0 aliphatic rings. The van der Waals surface area contributed by atoms with Gasteiger partial charge in [0.25, 0.3) is 0 Å². The molecule has 3 aromatic carbocycles. The normalized spacial score (nSPS) is 12.4. The average Bonchev–Trinajstić information content (AvgIpc) is 2.72. The Morgan fingerprint density at radius 3 is 2.23 bits per heavy atom. The molecule has 0 spiro atoms. The van der Waals surface area contributed by atoms with Crippen LogP contribution in [0.25, 0.3) is 0 Å². The van der Waals surface area contributed by atoms with E-state index in [4.69, 9.17) is 23.2 Å². The number of benzene rings is 3. The largest absolute Gasteiger partial charge is 0.324 e. The van der Waals surface area contributed by atoms with Crippen LogP contribution in [-0.2, 0) is 21.2 Å². The van der Waals surface area contributed by atoms with Crippen LogP contribution in [0.3, 0.4) is 0 Å². The Morgan fingerprint density at radius 2 is 1.58 bits per heavy atom. The molecule has 0 unspecified atom stereocenters. The number of amides is 1. The fourth-order valence-corrected chi connectivity index (χ4v) is 5.15. The second-order valence-corrected chi connectivity index (χ2v) is 9.72. The molecule has 0 bridgehead atoms. The lowest BCUT2D eigenvalue weighted by atomic mass is 10.0. The lowest BCUT2D eigenvalue weighted by Crippen LogP contribution is -2.45. The van der Waals surface area contributed by atoms with Crippen LogP contribution in [0.2, 0.25) is 10.0 Å². The molecule has 0 heterocycles. The highest BCUT2D eigenvalue weighted by Gasteiger charge is 2.28. The Hall–Kier alpha value is -2.38. The van der Waals surface area contributed by atoms with Crippen LogP contribution < -0.4 is 10.0 Å². The maximum Gasteiger partial charge on any atom is 0.242 e. The molecule has 162 valence electrons. The van der Waals surface area contributed by atoms with E-state index < -0.39 is 22.0 Å². The highest BCUT2D eigenvalue weighted by atomic mass is 35.5. The highest BCUT2D eigenvalue weighted by molar-refractivity contribution is 7.89. The van der Waals surface area contributed by atoms with Crippen LogP contribution in [0.1, 0.15) is 16.7 Å². The number of carbonyl (C=O) groups excluding carboxylic acids is 1. The Balaban J connectivity index is 1.94. The zero-order valence-electron chi connectivity index (χ0n) is 17.0. The van der Waals surface area contributed by atoms with E-state index in [1.165, 1.54) is 18.2 Å². The first-order chi connectivity index (χ1) is 14.7. The van der Waals surface area contributed by atoms with Crippen molar-refractivity contribution in [1.29, 1.82) is 0 Å². The molecule has 0 radical (unpaired) electrons. The molecule has 2 N–H and O–H groups in total. The number of hydrogen-bond donors (Lipinski definition) is 2. The van der Waals surface area contributed by atoms with Gasteiger partial charge in [0.2, 0.25) is 15.9 Å². The number of sulfonamides is 1. The van der Waals surface area contributed by atoms with Gasteiger partial charge >= 0.3 is 0 Å². The topological polar surface area (TPSA) is 75.3 Å². The fourth-order valence-electron chi connectivity index (χ4n) is 3.19. The van der Waals surface area contributed by atoms with Gasteiger partial charge in [0.05, 0.1) is 5.02 Å². The van der Waals surface area contributed by atoms with E-state index in [0.717, 1.165) is 16.7 Å². The van der Waals surface area contributed by atoms with Gasteiger partial charge in [-0.25, -0.2) is 8.42 Å². The van der Waals surface area contributed by atoms with Crippen LogP contribution in [0.5, 0.6) is 0 Å². The summed E-state index contributed by atoms with van der Waals surface area (Å²) in [6, 6.07) is 17.9. The predicted octanol–water partition coefficient (Wildman–Crippen LogP) is 5.14. The van der Waals surface area contributed by atoms with E-state index in [0.29, 0.717) is 5.69 Å². The Labute approximate surface area is 192 Å². The molecular weight excluding hydrogens is 455 g/mol. The minimum absolute atomic E-state index is 0.0190. The van der Waals surface area contributed by atoms with Gasteiger partial charge in [-0.3, -0.25) is 4.79 Å². The van der Waals surface area contributed by atoms with Crippen molar-refractivity contribution in [3.05, 3.63) is 93.5 Å². The number of aryl methyl sites for hydroxylation is 2.